The summed E-state index contributed by atoms with van der Waals surface area (Å²) in [5.74, 6) is 1.92. The van der Waals surface area contributed by atoms with E-state index in [1.165, 1.54) is 31.0 Å². The fourth-order valence-electron chi connectivity index (χ4n) is 3.51. The van der Waals surface area contributed by atoms with Crippen LogP contribution in [0.5, 0.6) is 0 Å². The summed E-state index contributed by atoms with van der Waals surface area (Å²) in [4.78, 5) is 12.3. The highest BCUT2D eigenvalue weighted by Crippen LogP contribution is 2.35. The van der Waals surface area contributed by atoms with Crippen molar-refractivity contribution in [3.05, 3.63) is 18.4 Å². The number of amides is 1. The van der Waals surface area contributed by atoms with Crippen LogP contribution >= 0.6 is 11.8 Å². The van der Waals surface area contributed by atoms with Crippen molar-refractivity contribution in [1.29, 1.82) is 0 Å². The summed E-state index contributed by atoms with van der Waals surface area (Å²) in [6.45, 7) is 4.19. The zero-order valence-electron chi connectivity index (χ0n) is 15.6. The van der Waals surface area contributed by atoms with Crippen LogP contribution in [0.15, 0.2) is 28.0 Å². The molecule has 142 valence electrons. The molecule has 0 radical (unpaired) electrons. The smallest absolute Gasteiger partial charge is 0.230 e. The van der Waals surface area contributed by atoms with Crippen molar-refractivity contribution in [2.24, 2.45) is 0 Å². The van der Waals surface area contributed by atoms with Crippen LogP contribution in [0.2, 0.25) is 0 Å². The first-order valence-corrected chi connectivity index (χ1v) is 10.6. The number of nitrogens with one attached hydrogen (secondary N) is 1. The van der Waals surface area contributed by atoms with E-state index in [0.717, 1.165) is 42.4 Å². The average Bonchev–Trinajstić information content (AvgIpc) is 3.34. The highest BCUT2D eigenvalue weighted by Gasteiger charge is 2.25. The maximum atomic E-state index is 12.3. The molecule has 0 saturated heterocycles. The second-order valence-corrected chi connectivity index (χ2v) is 7.76. The number of carbonyl (C=O) groups is 1. The zero-order chi connectivity index (χ0) is 18.4. The Morgan fingerprint density at radius 1 is 1.31 bits per heavy atom. The van der Waals surface area contributed by atoms with Gasteiger partial charge in [-0.15, -0.1) is 10.2 Å². The molecule has 0 aromatic carbocycles. The molecule has 0 aliphatic heterocycles. The Balaban J connectivity index is 1.75. The molecule has 1 N–H and O–H groups in total. The number of aromatic nitrogens is 3. The lowest BCUT2D eigenvalue weighted by atomic mass is 9.95. The normalized spacial score (nSPS) is 15.5. The van der Waals surface area contributed by atoms with Gasteiger partial charge in [-0.1, -0.05) is 44.9 Å². The number of rotatable bonds is 8. The third-order valence-electron chi connectivity index (χ3n) is 5.03. The van der Waals surface area contributed by atoms with Crippen molar-refractivity contribution in [2.75, 3.05) is 5.75 Å². The van der Waals surface area contributed by atoms with Crippen molar-refractivity contribution in [1.82, 2.24) is 20.1 Å². The van der Waals surface area contributed by atoms with Gasteiger partial charge in [0.25, 0.3) is 0 Å². The number of hydrogen-bond donors (Lipinski definition) is 1. The van der Waals surface area contributed by atoms with Crippen LogP contribution in [0.4, 0.5) is 0 Å². The molecule has 0 unspecified atom stereocenters. The van der Waals surface area contributed by atoms with E-state index in [-0.39, 0.29) is 11.9 Å². The van der Waals surface area contributed by atoms with Gasteiger partial charge in [0.15, 0.2) is 10.9 Å². The lowest BCUT2D eigenvalue weighted by Crippen LogP contribution is -2.35. The Morgan fingerprint density at radius 2 is 2.08 bits per heavy atom. The first kappa shape index (κ1) is 19.0. The van der Waals surface area contributed by atoms with Crippen LogP contribution < -0.4 is 5.32 Å². The topological polar surface area (TPSA) is 73.0 Å². The molecule has 1 fully saturated rings. The number of carbonyl (C=O) groups excluding carboxylic acids is 1. The summed E-state index contributed by atoms with van der Waals surface area (Å²) in [6.07, 6.45) is 9.54. The van der Waals surface area contributed by atoms with Gasteiger partial charge in [0.2, 0.25) is 11.7 Å². The van der Waals surface area contributed by atoms with Crippen molar-refractivity contribution in [3.63, 3.8) is 0 Å². The first-order valence-electron chi connectivity index (χ1n) is 9.63. The highest BCUT2D eigenvalue weighted by atomic mass is 32.2. The molecule has 1 amide bonds. The molecule has 26 heavy (non-hydrogen) atoms. The third kappa shape index (κ3) is 4.50. The predicted octanol–water partition coefficient (Wildman–Crippen LogP) is 4.44. The Kier molecular flexibility index (Phi) is 6.77. The monoisotopic (exact) mass is 376 g/mol. The van der Waals surface area contributed by atoms with E-state index >= 15 is 0 Å². The number of furan rings is 1. The van der Waals surface area contributed by atoms with Gasteiger partial charge in [0.05, 0.1) is 12.0 Å². The fourth-order valence-corrected chi connectivity index (χ4v) is 4.33. The molecular formula is C19H28N4O2S. The lowest BCUT2D eigenvalue weighted by Gasteiger charge is -2.25. The quantitative estimate of drug-likeness (QED) is 0.690. The Hall–Kier alpha value is -1.76. The first-order chi connectivity index (χ1) is 12.7. The molecule has 7 heteroatoms. The Bertz CT molecular complexity index is 688. The van der Waals surface area contributed by atoms with Crippen LogP contribution in [0.1, 0.15) is 64.8 Å². The van der Waals surface area contributed by atoms with E-state index in [4.69, 9.17) is 4.42 Å². The minimum Gasteiger partial charge on any atom is -0.461 e. The molecule has 0 atom stereocenters. The Labute approximate surface area is 159 Å². The minimum atomic E-state index is 0.0569. The van der Waals surface area contributed by atoms with Crippen LogP contribution in [0.25, 0.3) is 11.6 Å². The molecule has 3 rings (SSSR count). The molecular weight excluding hydrogens is 348 g/mol. The summed E-state index contributed by atoms with van der Waals surface area (Å²) < 4.78 is 7.75. The van der Waals surface area contributed by atoms with Gasteiger partial charge in [-0.05, 0) is 37.8 Å². The van der Waals surface area contributed by atoms with E-state index in [9.17, 15) is 4.79 Å². The Morgan fingerprint density at radius 3 is 2.73 bits per heavy atom. The molecule has 0 spiro atoms. The number of thioether (sulfide) groups is 1. The van der Waals surface area contributed by atoms with Gasteiger partial charge < -0.3 is 9.73 Å². The predicted molar refractivity (Wildman–Crippen MR) is 103 cm³/mol. The van der Waals surface area contributed by atoms with Crippen molar-refractivity contribution >= 4 is 17.7 Å². The average molecular weight is 377 g/mol. The molecule has 1 saturated carbocycles. The summed E-state index contributed by atoms with van der Waals surface area (Å²) >= 11 is 1.47. The van der Waals surface area contributed by atoms with Crippen molar-refractivity contribution in [3.8, 4) is 11.6 Å². The van der Waals surface area contributed by atoms with E-state index in [1.807, 2.05) is 12.1 Å². The van der Waals surface area contributed by atoms with Crippen molar-refractivity contribution < 1.29 is 9.21 Å². The van der Waals surface area contributed by atoms with E-state index < -0.39 is 0 Å². The van der Waals surface area contributed by atoms with Crippen LogP contribution in [0, 0.1) is 0 Å². The maximum Gasteiger partial charge on any atom is 0.230 e. The van der Waals surface area contributed by atoms with Gasteiger partial charge in [-0.3, -0.25) is 9.36 Å². The number of nitrogens with zero attached hydrogens (tertiary/aromatic N) is 3. The van der Waals surface area contributed by atoms with E-state index in [1.54, 1.807) is 6.26 Å². The maximum absolute atomic E-state index is 12.3. The molecule has 1 aliphatic carbocycles. The molecule has 1 aliphatic rings. The SMILES string of the molecule is CCC(CC)NC(=O)CSc1nnc(-c2ccco2)n1C1CCCCC1. The molecule has 6 nitrogen and oxygen atoms in total. The van der Waals surface area contributed by atoms with Crippen molar-refractivity contribution in [2.45, 2.75) is 76.0 Å². The number of hydrogen-bond acceptors (Lipinski definition) is 5. The summed E-state index contributed by atoms with van der Waals surface area (Å²) in [5, 5.41) is 12.6. The largest absolute Gasteiger partial charge is 0.461 e. The minimum absolute atomic E-state index is 0.0569. The van der Waals surface area contributed by atoms with Gasteiger partial charge >= 0.3 is 0 Å². The van der Waals surface area contributed by atoms with E-state index in [2.05, 4.69) is 33.9 Å². The standard InChI is InChI=1S/C19H28N4O2S/c1-3-14(4-2)20-17(24)13-26-19-22-21-18(16-11-8-12-25-16)23(19)15-9-6-5-7-10-15/h8,11-12,14-15H,3-7,9-10,13H2,1-2H3,(H,20,24). The van der Waals surface area contributed by atoms with Gasteiger partial charge in [-0.25, -0.2) is 0 Å². The van der Waals surface area contributed by atoms with Gasteiger partial charge in [-0.2, -0.15) is 0 Å². The summed E-state index contributed by atoms with van der Waals surface area (Å²) in [5.41, 5.74) is 0. The molecule has 2 aromatic rings. The van der Waals surface area contributed by atoms with Gasteiger partial charge in [0.1, 0.15) is 0 Å². The highest BCUT2D eigenvalue weighted by molar-refractivity contribution is 7.99. The van der Waals surface area contributed by atoms with Crippen LogP contribution in [0.3, 0.4) is 0 Å². The van der Waals surface area contributed by atoms with Gasteiger partial charge in [0, 0.05) is 12.1 Å². The second kappa shape index (κ2) is 9.26. The summed E-state index contributed by atoms with van der Waals surface area (Å²) in [7, 11) is 0. The molecule has 2 aromatic heterocycles. The van der Waals surface area contributed by atoms with Crippen LogP contribution in [-0.2, 0) is 4.79 Å². The van der Waals surface area contributed by atoms with Crippen LogP contribution in [-0.4, -0.2) is 32.5 Å². The fraction of sp³-hybridized carbons (Fsp3) is 0.632. The zero-order valence-corrected chi connectivity index (χ0v) is 16.4. The second-order valence-electron chi connectivity index (χ2n) is 6.81. The third-order valence-corrected chi connectivity index (χ3v) is 5.97. The summed E-state index contributed by atoms with van der Waals surface area (Å²) in [6, 6.07) is 4.41. The lowest BCUT2D eigenvalue weighted by molar-refractivity contribution is -0.119. The molecule has 0 bridgehead atoms. The molecule has 2 heterocycles. The van der Waals surface area contributed by atoms with E-state index in [0.29, 0.717) is 11.8 Å².